The lowest BCUT2D eigenvalue weighted by molar-refractivity contribution is -0.117. The highest BCUT2D eigenvalue weighted by atomic mass is 32.2. The van der Waals surface area contributed by atoms with Gasteiger partial charge >= 0.3 is 0 Å². The second-order valence-electron chi connectivity index (χ2n) is 4.25. The summed E-state index contributed by atoms with van der Waals surface area (Å²) in [5.74, 6) is 0.717. The summed E-state index contributed by atoms with van der Waals surface area (Å²) < 4.78 is 28.1. The number of Topliss-reactive ketones (excluding diaryl/α,β-unsaturated/α-hetero) is 1. The zero-order chi connectivity index (χ0) is 13.6. The first-order chi connectivity index (χ1) is 8.39. The number of carbonyl (C=O) groups excluding carboxylic acids is 1. The molecule has 0 amide bonds. The average molecular weight is 270 g/mol. The van der Waals surface area contributed by atoms with E-state index >= 15 is 0 Å². The maximum Gasteiger partial charge on any atom is 0.175 e. The Morgan fingerprint density at radius 2 is 2.00 bits per heavy atom. The fourth-order valence-electron chi connectivity index (χ4n) is 1.46. The van der Waals surface area contributed by atoms with Crippen LogP contribution in [0.3, 0.4) is 0 Å². The molecule has 0 bridgehead atoms. The van der Waals surface area contributed by atoms with Gasteiger partial charge in [0, 0.05) is 12.7 Å². The Labute approximate surface area is 108 Å². The number of sulfone groups is 1. The smallest absolute Gasteiger partial charge is 0.175 e. The minimum Gasteiger partial charge on any atom is -0.494 e. The summed E-state index contributed by atoms with van der Waals surface area (Å²) in [5, 5.41) is 0. The van der Waals surface area contributed by atoms with Crippen LogP contribution in [0.15, 0.2) is 29.2 Å². The Morgan fingerprint density at radius 3 is 2.61 bits per heavy atom. The molecule has 0 fully saturated rings. The highest BCUT2D eigenvalue weighted by Gasteiger charge is 2.07. The maximum absolute atomic E-state index is 11.3. The number of carbonyl (C=O) groups is 1. The van der Waals surface area contributed by atoms with E-state index in [2.05, 4.69) is 0 Å². The second kappa shape index (κ2) is 6.54. The van der Waals surface area contributed by atoms with Crippen molar-refractivity contribution in [1.29, 1.82) is 0 Å². The number of rotatable bonds is 7. The van der Waals surface area contributed by atoms with Crippen LogP contribution in [0.5, 0.6) is 5.75 Å². The minimum absolute atomic E-state index is 0.175. The number of hydrogen-bond acceptors (Lipinski definition) is 4. The van der Waals surface area contributed by atoms with Crippen LogP contribution < -0.4 is 4.74 Å². The lowest BCUT2D eigenvalue weighted by atomic mass is 10.2. The highest BCUT2D eigenvalue weighted by molar-refractivity contribution is 7.90. The van der Waals surface area contributed by atoms with E-state index in [4.69, 9.17) is 4.74 Å². The van der Waals surface area contributed by atoms with E-state index in [-0.39, 0.29) is 10.7 Å². The van der Waals surface area contributed by atoms with E-state index in [1.807, 2.05) is 0 Å². The number of ketones is 1. The number of unbranched alkanes of at least 4 members (excludes halogenated alkanes) is 1. The van der Waals surface area contributed by atoms with Gasteiger partial charge in [0.15, 0.2) is 9.84 Å². The minimum atomic E-state index is -3.20. The summed E-state index contributed by atoms with van der Waals surface area (Å²) in [5.41, 5.74) is 0. The van der Waals surface area contributed by atoms with E-state index in [1.165, 1.54) is 18.4 Å². The van der Waals surface area contributed by atoms with Gasteiger partial charge in [0.25, 0.3) is 0 Å². The summed E-state index contributed by atoms with van der Waals surface area (Å²) in [6.45, 7) is 2.05. The molecular formula is C13H18O4S. The first kappa shape index (κ1) is 14.7. The summed E-state index contributed by atoms with van der Waals surface area (Å²) >= 11 is 0. The van der Waals surface area contributed by atoms with Crippen molar-refractivity contribution in [3.63, 3.8) is 0 Å². The highest BCUT2D eigenvalue weighted by Crippen LogP contribution is 2.17. The maximum atomic E-state index is 11.3. The van der Waals surface area contributed by atoms with Crippen LogP contribution >= 0.6 is 0 Å². The van der Waals surface area contributed by atoms with Gasteiger partial charge in [0.05, 0.1) is 11.5 Å². The molecular weight excluding hydrogens is 252 g/mol. The molecule has 100 valence electrons. The van der Waals surface area contributed by atoms with Gasteiger partial charge < -0.3 is 9.53 Å². The van der Waals surface area contributed by atoms with Crippen LogP contribution in [0.25, 0.3) is 0 Å². The van der Waals surface area contributed by atoms with Crippen LogP contribution in [-0.2, 0) is 14.6 Å². The van der Waals surface area contributed by atoms with Crippen molar-refractivity contribution < 1.29 is 17.9 Å². The van der Waals surface area contributed by atoms with Crippen molar-refractivity contribution in [2.45, 2.75) is 31.1 Å². The molecule has 4 nitrogen and oxygen atoms in total. The van der Waals surface area contributed by atoms with E-state index in [9.17, 15) is 13.2 Å². The molecule has 1 rings (SSSR count). The molecule has 1 aromatic carbocycles. The van der Waals surface area contributed by atoms with Crippen LogP contribution in [0.1, 0.15) is 26.2 Å². The van der Waals surface area contributed by atoms with Gasteiger partial charge in [-0.2, -0.15) is 0 Å². The molecule has 5 heteroatoms. The van der Waals surface area contributed by atoms with E-state index < -0.39 is 9.84 Å². The molecule has 0 spiro atoms. The monoisotopic (exact) mass is 270 g/mol. The fourth-order valence-corrected chi connectivity index (χ4v) is 2.12. The first-order valence-corrected chi connectivity index (χ1v) is 7.71. The van der Waals surface area contributed by atoms with Crippen molar-refractivity contribution in [2.75, 3.05) is 12.9 Å². The average Bonchev–Trinajstić information content (AvgIpc) is 2.27. The molecule has 18 heavy (non-hydrogen) atoms. The van der Waals surface area contributed by atoms with Gasteiger partial charge in [-0.25, -0.2) is 8.42 Å². The normalized spacial score (nSPS) is 11.2. The Bertz CT molecular complexity index is 505. The molecule has 0 unspecified atom stereocenters. The molecule has 0 radical (unpaired) electrons. The molecule has 0 saturated carbocycles. The predicted octanol–water partition coefficient (Wildman–Crippen LogP) is 2.23. The zero-order valence-corrected chi connectivity index (χ0v) is 11.5. The van der Waals surface area contributed by atoms with Crippen LogP contribution in [0.4, 0.5) is 0 Å². The molecule has 0 aromatic heterocycles. The van der Waals surface area contributed by atoms with Gasteiger partial charge in [-0.3, -0.25) is 0 Å². The zero-order valence-electron chi connectivity index (χ0n) is 10.7. The van der Waals surface area contributed by atoms with Crippen molar-refractivity contribution in [3.05, 3.63) is 24.3 Å². The summed E-state index contributed by atoms with van der Waals surface area (Å²) in [4.78, 5) is 11.0. The Kier molecular flexibility index (Phi) is 5.34. The Balaban J connectivity index is 2.46. The molecule has 0 aliphatic rings. The van der Waals surface area contributed by atoms with Gasteiger partial charge in [-0.05, 0) is 38.0 Å². The second-order valence-corrected chi connectivity index (χ2v) is 6.27. The fraction of sp³-hybridized carbons (Fsp3) is 0.462. The Morgan fingerprint density at radius 1 is 1.28 bits per heavy atom. The van der Waals surface area contributed by atoms with Gasteiger partial charge in [-0.15, -0.1) is 0 Å². The standard InChI is InChI=1S/C13H18O4S/c1-11(14)6-3-4-9-17-12-7-5-8-13(10-12)18(2,15)16/h5,7-8,10H,3-4,6,9H2,1-2H3. The third-order valence-electron chi connectivity index (χ3n) is 2.43. The molecule has 0 aliphatic heterocycles. The SMILES string of the molecule is CC(=O)CCCCOc1cccc(S(C)(=O)=O)c1. The molecule has 0 aliphatic carbocycles. The lowest BCUT2D eigenvalue weighted by Gasteiger charge is -2.07. The Hall–Kier alpha value is -1.36. The molecule has 1 aromatic rings. The van der Waals surface area contributed by atoms with Crippen molar-refractivity contribution in [3.8, 4) is 5.75 Å². The molecule has 0 N–H and O–H groups in total. The topological polar surface area (TPSA) is 60.4 Å². The quantitative estimate of drug-likeness (QED) is 0.713. The van der Waals surface area contributed by atoms with Gasteiger partial charge in [-0.1, -0.05) is 6.07 Å². The predicted molar refractivity (Wildman–Crippen MR) is 69.6 cm³/mol. The van der Waals surface area contributed by atoms with E-state index in [0.717, 1.165) is 12.8 Å². The third kappa shape index (κ3) is 5.31. The van der Waals surface area contributed by atoms with Crippen molar-refractivity contribution in [1.82, 2.24) is 0 Å². The molecule has 0 heterocycles. The van der Waals surface area contributed by atoms with Gasteiger partial charge in [0.1, 0.15) is 11.5 Å². The van der Waals surface area contributed by atoms with Crippen molar-refractivity contribution >= 4 is 15.6 Å². The summed E-state index contributed by atoms with van der Waals surface area (Å²) in [7, 11) is -3.20. The van der Waals surface area contributed by atoms with Crippen LogP contribution in [-0.4, -0.2) is 27.1 Å². The number of benzene rings is 1. The van der Waals surface area contributed by atoms with Crippen LogP contribution in [0.2, 0.25) is 0 Å². The largest absolute Gasteiger partial charge is 0.494 e. The third-order valence-corrected chi connectivity index (χ3v) is 3.54. The molecule has 0 atom stereocenters. The van der Waals surface area contributed by atoms with E-state index in [0.29, 0.717) is 18.8 Å². The molecule has 0 saturated heterocycles. The lowest BCUT2D eigenvalue weighted by Crippen LogP contribution is -2.01. The first-order valence-electron chi connectivity index (χ1n) is 5.82. The number of ether oxygens (including phenoxy) is 1. The van der Waals surface area contributed by atoms with E-state index in [1.54, 1.807) is 19.1 Å². The number of hydrogen-bond donors (Lipinski definition) is 0. The van der Waals surface area contributed by atoms with Crippen molar-refractivity contribution in [2.24, 2.45) is 0 Å². The summed E-state index contributed by atoms with van der Waals surface area (Å²) in [6.07, 6.45) is 3.30. The van der Waals surface area contributed by atoms with Crippen LogP contribution in [0, 0.1) is 0 Å². The summed E-state index contributed by atoms with van der Waals surface area (Å²) in [6, 6.07) is 6.43. The van der Waals surface area contributed by atoms with Gasteiger partial charge in [0.2, 0.25) is 0 Å².